The molecule has 1 aliphatic carbocycles. The van der Waals surface area contributed by atoms with Gasteiger partial charge in [-0.15, -0.1) is 0 Å². The Bertz CT molecular complexity index is 717. The Hall–Kier alpha value is -1.93. The van der Waals surface area contributed by atoms with Crippen LogP contribution in [0.15, 0.2) is 42.5 Å². The van der Waals surface area contributed by atoms with Gasteiger partial charge in [-0.1, -0.05) is 55.8 Å². The van der Waals surface area contributed by atoms with E-state index in [1.807, 2.05) is 24.3 Å². The Kier molecular flexibility index (Phi) is 3.88. The fourth-order valence-corrected chi connectivity index (χ4v) is 3.51. The van der Waals surface area contributed by atoms with Crippen LogP contribution in [0.25, 0.3) is 11.1 Å². The first-order chi connectivity index (χ1) is 10.6. The lowest BCUT2D eigenvalue weighted by Crippen LogP contribution is -2.37. The second kappa shape index (κ2) is 5.69. The molecule has 2 heteroatoms. The van der Waals surface area contributed by atoms with Gasteiger partial charge in [0, 0.05) is 17.7 Å². The molecule has 0 spiro atoms. The van der Waals surface area contributed by atoms with E-state index in [-0.39, 0.29) is 5.78 Å². The lowest BCUT2D eigenvalue weighted by atomic mass is 9.85. The smallest absolute Gasteiger partial charge is 0.177 e. The fourth-order valence-electron chi connectivity index (χ4n) is 3.51. The van der Waals surface area contributed by atoms with E-state index in [9.17, 15) is 4.79 Å². The SMILES string of the molecule is CCCCOC1(C(C)=O)c2ccccc2-c2cccc(C)c21. The van der Waals surface area contributed by atoms with E-state index in [4.69, 9.17) is 4.74 Å². The molecule has 0 aliphatic heterocycles. The third-order valence-electron chi connectivity index (χ3n) is 4.53. The molecule has 22 heavy (non-hydrogen) atoms. The summed E-state index contributed by atoms with van der Waals surface area (Å²) in [7, 11) is 0. The van der Waals surface area contributed by atoms with Crippen LogP contribution in [0.2, 0.25) is 0 Å². The van der Waals surface area contributed by atoms with Crippen LogP contribution < -0.4 is 0 Å². The number of hydrogen-bond donors (Lipinski definition) is 0. The van der Waals surface area contributed by atoms with Gasteiger partial charge >= 0.3 is 0 Å². The number of rotatable bonds is 5. The molecule has 0 aromatic heterocycles. The molecule has 0 saturated heterocycles. The van der Waals surface area contributed by atoms with E-state index in [0.29, 0.717) is 6.61 Å². The van der Waals surface area contributed by atoms with Crippen molar-refractivity contribution in [3.05, 3.63) is 59.2 Å². The fraction of sp³-hybridized carbons (Fsp3) is 0.350. The molecule has 2 aromatic rings. The minimum atomic E-state index is -0.938. The number of aryl methyl sites for hydroxylation is 1. The van der Waals surface area contributed by atoms with Crippen LogP contribution in [-0.4, -0.2) is 12.4 Å². The van der Waals surface area contributed by atoms with Crippen molar-refractivity contribution in [1.82, 2.24) is 0 Å². The summed E-state index contributed by atoms with van der Waals surface area (Å²) in [6.45, 7) is 6.43. The van der Waals surface area contributed by atoms with Crippen LogP contribution >= 0.6 is 0 Å². The van der Waals surface area contributed by atoms with Crippen molar-refractivity contribution in [1.29, 1.82) is 0 Å². The molecule has 0 bridgehead atoms. The summed E-state index contributed by atoms with van der Waals surface area (Å²) >= 11 is 0. The summed E-state index contributed by atoms with van der Waals surface area (Å²) in [4.78, 5) is 12.7. The standard InChI is InChI=1S/C20H22O2/c1-4-5-13-22-20(15(3)21)18-12-7-6-10-16(18)17-11-8-9-14(2)19(17)20/h6-12H,4-5,13H2,1-3H3. The first kappa shape index (κ1) is 15.0. The Labute approximate surface area is 132 Å². The molecule has 0 saturated carbocycles. The van der Waals surface area contributed by atoms with Crippen LogP contribution in [0.4, 0.5) is 0 Å². The predicted octanol–water partition coefficient (Wildman–Crippen LogP) is 4.62. The maximum atomic E-state index is 12.7. The van der Waals surface area contributed by atoms with Crippen LogP contribution in [0.1, 0.15) is 43.4 Å². The van der Waals surface area contributed by atoms with E-state index in [1.54, 1.807) is 6.92 Å². The van der Waals surface area contributed by atoms with Gasteiger partial charge in [0.15, 0.2) is 11.4 Å². The second-order valence-corrected chi connectivity index (χ2v) is 5.98. The number of Topliss-reactive ketones (excluding diaryl/α,β-unsaturated/α-hetero) is 1. The molecule has 114 valence electrons. The molecule has 3 rings (SSSR count). The number of ether oxygens (including phenoxy) is 1. The van der Waals surface area contributed by atoms with E-state index in [2.05, 4.69) is 32.0 Å². The first-order valence-corrected chi connectivity index (χ1v) is 7.98. The number of carbonyl (C=O) groups excluding carboxylic acids is 1. The number of benzene rings is 2. The van der Waals surface area contributed by atoms with Crippen LogP contribution in [0, 0.1) is 6.92 Å². The topological polar surface area (TPSA) is 26.3 Å². The highest BCUT2D eigenvalue weighted by Crippen LogP contribution is 2.51. The molecule has 2 nitrogen and oxygen atoms in total. The lowest BCUT2D eigenvalue weighted by Gasteiger charge is -2.30. The summed E-state index contributed by atoms with van der Waals surface area (Å²) in [5.74, 6) is 0.0594. The van der Waals surface area contributed by atoms with E-state index in [1.165, 1.54) is 0 Å². The Morgan fingerprint density at radius 3 is 2.55 bits per heavy atom. The van der Waals surface area contributed by atoms with Crippen LogP contribution in [0.5, 0.6) is 0 Å². The van der Waals surface area contributed by atoms with Gasteiger partial charge in [-0.2, -0.15) is 0 Å². The van der Waals surface area contributed by atoms with Gasteiger partial charge in [0.2, 0.25) is 0 Å². The maximum Gasteiger partial charge on any atom is 0.177 e. The third kappa shape index (κ3) is 2.02. The van der Waals surface area contributed by atoms with Gasteiger partial charge in [-0.3, -0.25) is 4.79 Å². The summed E-state index contributed by atoms with van der Waals surface area (Å²) in [6, 6.07) is 14.3. The highest BCUT2D eigenvalue weighted by molar-refractivity contribution is 5.99. The number of unbranched alkanes of at least 4 members (excludes halogenated alkanes) is 1. The molecule has 1 unspecified atom stereocenters. The predicted molar refractivity (Wildman–Crippen MR) is 88.9 cm³/mol. The normalized spacial score (nSPS) is 18.9. The zero-order chi connectivity index (χ0) is 15.7. The van der Waals surface area contributed by atoms with Crippen molar-refractivity contribution in [3.8, 4) is 11.1 Å². The molecule has 0 amide bonds. The highest BCUT2D eigenvalue weighted by atomic mass is 16.5. The van der Waals surface area contributed by atoms with Gasteiger partial charge in [0.25, 0.3) is 0 Å². The van der Waals surface area contributed by atoms with Crippen molar-refractivity contribution in [2.45, 2.75) is 39.2 Å². The van der Waals surface area contributed by atoms with Gasteiger partial charge in [-0.05, 0) is 37.0 Å². The quantitative estimate of drug-likeness (QED) is 0.752. The highest BCUT2D eigenvalue weighted by Gasteiger charge is 2.48. The zero-order valence-corrected chi connectivity index (χ0v) is 13.5. The largest absolute Gasteiger partial charge is 0.358 e. The molecule has 1 aliphatic rings. The molecular weight excluding hydrogens is 272 g/mol. The Morgan fingerprint density at radius 1 is 1.09 bits per heavy atom. The summed E-state index contributed by atoms with van der Waals surface area (Å²) in [5, 5.41) is 0. The molecule has 2 aromatic carbocycles. The van der Waals surface area contributed by atoms with Gasteiger partial charge in [0.1, 0.15) is 0 Å². The molecule has 0 heterocycles. The molecule has 0 radical (unpaired) electrons. The van der Waals surface area contributed by atoms with Crippen molar-refractivity contribution >= 4 is 5.78 Å². The maximum absolute atomic E-state index is 12.7. The minimum Gasteiger partial charge on any atom is -0.358 e. The van der Waals surface area contributed by atoms with Crippen molar-refractivity contribution < 1.29 is 9.53 Å². The molecular formula is C20H22O2. The minimum absolute atomic E-state index is 0.0594. The van der Waals surface area contributed by atoms with Crippen molar-refractivity contribution in [2.24, 2.45) is 0 Å². The second-order valence-electron chi connectivity index (χ2n) is 5.98. The summed E-state index contributed by atoms with van der Waals surface area (Å²) in [6.07, 6.45) is 2.01. The van der Waals surface area contributed by atoms with Crippen molar-refractivity contribution in [3.63, 3.8) is 0 Å². The van der Waals surface area contributed by atoms with E-state index in [0.717, 1.165) is 40.7 Å². The molecule has 0 N–H and O–H groups in total. The third-order valence-corrected chi connectivity index (χ3v) is 4.53. The Morgan fingerprint density at radius 2 is 1.82 bits per heavy atom. The number of fused-ring (bicyclic) bond motifs is 3. The van der Waals surface area contributed by atoms with Crippen LogP contribution in [0.3, 0.4) is 0 Å². The van der Waals surface area contributed by atoms with Crippen molar-refractivity contribution in [2.75, 3.05) is 6.61 Å². The summed E-state index contributed by atoms with van der Waals surface area (Å²) in [5.41, 5.74) is 4.44. The number of carbonyl (C=O) groups is 1. The van der Waals surface area contributed by atoms with Gasteiger partial charge in [-0.25, -0.2) is 0 Å². The van der Waals surface area contributed by atoms with E-state index >= 15 is 0 Å². The number of hydrogen-bond acceptors (Lipinski definition) is 2. The summed E-state index contributed by atoms with van der Waals surface area (Å²) < 4.78 is 6.28. The average Bonchev–Trinajstić information content (AvgIpc) is 2.81. The number of ketones is 1. The molecule has 0 fully saturated rings. The zero-order valence-electron chi connectivity index (χ0n) is 13.5. The monoisotopic (exact) mass is 294 g/mol. The lowest BCUT2D eigenvalue weighted by molar-refractivity contribution is -0.138. The van der Waals surface area contributed by atoms with Gasteiger partial charge < -0.3 is 4.74 Å². The first-order valence-electron chi connectivity index (χ1n) is 7.98. The van der Waals surface area contributed by atoms with E-state index < -0.39 is 5.60 Å². The average molecular weight is 294 g/mol. The molecule has 1 atom stereocenters. The van der Waals surface area contributed by atoms with Gasteiger partial charge in [0.05, 0.1) is 0 Å². The van der Waals surface area contributed by atoms with Crippen LogP contribution in [-0.2, 0) is 15.1 Å². The Balaban J connectivity index is 2.26.